The third-order valence-electron chi connectivity index (χ3n) is 3.90. The number of hydroxylamine groups is 2. The van der Waals surface area contributed by atoms with E-state index in [-0.39, 0.29) is 22.3 Å². The first-order valence-electron chi connectivity index (χ1n) is 8.78. The molecule has 0 spiro atoms. The van der Waals surface area contributed by atoms with E-state index in [4.69, 9.17) is 9.68 Å². The van der Waals surface area contributed by atoms with Crippen LogP contribution < -0.4 is 11.0 Å². The first-order valence-corrected chi connectivity index (χ1v) is 8.78. The standard InChI is InChI=1S/C22H16N2O6/c25-19(23-29-21(27)17-7-3-1-4-8-17)15-11-13-16(14-12-15)20(26)24-30-22(28)18-9-5-2-6-10-18/h1-14H,(H,23,25)(H,24,26). The fourth-order valence-electron chi connectivity index (χ4n) is 2.34. The third-order valence-corrected chi connectivity index (χ3v) is 3.90. The van der Waals surface area contributed by atoms with Gasteiger partial charge >= 0.3 is 11.9 Å². The van der Waals surface area contributed by atoms with Gasteiger partial charge in [-0.05, 0) is 48.5 Å². The highest BCUT2D eigenvalue weighted by Crippen LogP contribution is 2.06. The largest absolute Gasteiger partial charge is 0.362 e. The molecule has 0 aromatic heterocycles. The van der Waals surface area contributed by atoms with Gasteiger partial charge in [-0.2, -0.15) is 11.0 Å². The molecule has 2 N–H and O–H groups in total. The maximum atomic E-state index is 12.1. The van der Waals surface area contributed by atoms with Crippen LogP contribution in [0.1, 0.15) is 41.4 Å². The van der Waals surface area contributed by atoms with Crippen LogP contribution in [0, 0.1) is 0 Å². The Bertz CT molecular complexity index is 964. The van der Waals surface area contributed by atoms with Gasteiger partial charge in [0.25, 0.3) is 11.8 Å². The molecule has 0 bridgehead atoms. The fraction of sp³-hybridized carbons (Fsp3) is 0. The summed E-state index contributed by atoms with van der Waals surface area (Å²) in [7, 11) is 0. The molecule has 0 aliphatic rings. The van der Waals surface area contributed by atoms with Gasteiger partial charge in [0, 0.05) is 11.1 Å². The van der Waals surface area contributed by atoms with Crippen LogP contribution in [0.2, 0.25) is 0 Å². The number of nitrogens with one attached hydrogen (secondary N) is 2. The van der Waals surface area contributed by atoms with Crippen molar-refractivity contribution < 1.29 is 28.9 Å². The highest BCUT2D eigenvalue weighted by molar-refractivity contribution is 5.99. The van der Waals surface area contributed by atoms with Gasteiger partial charge in [-0.25, -0.2) is 9.59 Å². The lowest BCUT2D eigenvalue weighted by Crippen LogP contribution is -2.28. The molecule has 8 heteroatoms. The highest BCUT2D eigenvalue weighted by Gasteiger charge is 2.14. The summed E-state index contributed by atoms with van der Waals surface area (Å²) in [5.41, 5.74) is 4.99. The van der Waals surface area contributed by atoms with Crippen LogP contribution in [-0.4, -0.2) is 23.8 Å². The molecular weight excluding hydrogens is 388 g/mol. The predicted molar refractivity (Wildman–Crippen MR) is 105 cm³/mol. The number of carbonyl (C=O) groups is 4. The van der Waals surface area contributed by atoms with E-state index in [9.17, 15) is 19.2 Å². The minimum Gasteiger partial charge on any atom is -0.335 e. The van der Waals surface area contributed by atoms with Crippen LogP contribution in [0.25, 0.3) is 0 Å². The first kappa shape index (κ1) is 20.3. The Hall–Kier alpha value is -4.46. The van der Waals surface area contributed by atoms with Crippen LogP contribution in [-0.2, 0) is 9.68 Å². The zero-order valence-corrected chi connectivity index (χ0v) is 15.5. The van der Waals surface area contributed by atoms with E-state index >= 15 is 0 Å². The van der Waals surface area contributed by atoms with E-state index in [0.29, 0.717) is 0 Å². The van der Waals surface area contributed by atoms with Gasteiger partial charge < -0.3 is 9.68 Å². The monoisotopic (exact) mass is 404 g/mol. The van der Waals surface area contributed by atoms with E-state index in [2.05, 4.69) is 0 Å². The molecule has 0 unspecified atom stereocenters. The normalized spacial score (nSPS) is 9.87. The van der Waals surface area contributed by atoms with Gasteiger partial charge in [0.05, 0.1) is 11.1 Å². The van der Waals surface area contributed by atoms with Gasteiger partial charge in [-0.3, -0.25) is 9.59 Å². The van der Waals surface area contributed by atoms with Gasteiger partial charge in [-0.15, -0.1) is 0 Å². The third kappa shape index (κ3) is 5.29. The number of rotatable bonds is 4. The Morgan fingerprint density at radius 3 is 1.13 bits per heavy atom. The van der Waals surface area contributed by atoms with Crippen molar-refractivity contribution in [3.8, 4) is 0 Å². The molecule has 0 saturated heterocycles. The average molecular weight is 404 g/mol. The van der Waals surface area contributed by atoms with Crippen molar-refractivity contribution in [3.05, 3.63) is 107 Å². The Labute approximate surface area is 171 Å². The van der Waals surface area contributed by atoms with E-state index < -0.39 is 23.8 Å². The van der Waals surface area contributed by atoms with Gasteiger partial charge in [0.15, 0.2) is 0 Å². The van der Waals surface area contributed by atoms with Crippen LogP contribution in [0.5, 0.6) is 0 Å². The van der Waals surface area contributed by atoms with Crippen molar-refractivity contribution in [2.45, 2.75) is 0 Å². The molecule has 8 nitrogen and oxygen atoms in total. The molecule has 150 valence electrons. The van der Waals surface area contributed by atoms with Crippen molar-refractivity contribution in [2.75, 3.05) is 0 Å². The Morgan fingerprint density at radius 1 is 0.467 bits per heavy atom. The number of amides is 2. The molecule has 3 aromatic rings. The van der Waals surface area contributed by atoms with E-state index in [0.717, 1.165) is 0 Å². The lowest BCUT2D eigenvalue weighted by Gasteiger charge is -2.07. The molecule has 0 heterocycles. The molecule has 0 radical (unpaired) electrons. The Kier molecular flexibility index (Phi) is 6.52. The second-order valence-corrected chi connectivity index (χ2v) is 5.95. The van der Waals surface area contributed by atoms with Crippen molar-refractivity contribution in [2.24, 2.45) is 0 Å². The second kappa shape index (κ2) is 9.65. The minimum atomic E-state index is -0.708. The van der Waals surface area contributed by atoms with Crippen LogP contribution in [0.15, 0.2) is 84.9 Å². The minimum absolute atomic E-state index is 0.161. The van der Waals surface area contributed by atoms with Crippen molar-refractivity contribution in [1.29, 1.82) is 0 Å². The average Bonchev–Trinajstić information content (AvgIpc) is 2.81. The molecule has 3 aromatic carbocycles. The van der Waals surface area contributed by atoms with Gasteiger partial charge in [-0.1, -0.05) is 36.4 Å². The molecule has 0 aliphatic heterocycles. The second-order valence-electron chi connectivity index (χ2n) is 5.95. The maximum Gasteiger partial charge on any atom is 0.362 e. The van der Waals surface area contributed by atoms with Crippen LogP contribution >= 0.6 is 0 Å². The Morgan fingerprint density at radius 2 is 0.800 bits per heavy atom. The summed E-state index contributed by atoms with van der Waals surface area (Å²) in [5, 5.41) is 0. The van der Waals surface area contributed by atoms with E-state index in [1.54, 1.807) is 60.7 Å². The number of carbonyl (C=O) groups excluding carboxylic acids is 4. The quantitative estimate of drug-likeness (QED) is 0.647. The molecular formula is C22H16N2O6. The molecule has 0 saturated carbocycles. The van der Waals surface area contributed by atoms with Crippen molar-refractivity contribution in [3.63, 3.8) is 0 Å². The number of hydrogen-bond acceptors (Lipinski definition) is 6. The zero-order valence-electron chi connectivity index (χ0n) is 15.5. The number of benzene rings is 3. The molecule has 2 amide bonds. The Balaban J connectivity index is 1.51. The van der Waals surface area contributed by atoms with E-state index in [1.165, 1.54) is 24.3 Å². The first-order chi connectivity index (χ1) is 14.5. The molecule has 3 rings (SSSR count). The lowest BCUT2D eigenvalue weighted by molar-refractivity contribution is 0.0227. The SMILES string of the molecule is O=C(NOC(=O)c1ccccc1)c1ccc(C(=O)NOC(=O)c2ccccc2)cc1. The summed E-state index contributed by atoms with van der Waals surface area (Å²) in [6.45, 7) is 0. The van der Waals surface area contributed by atoms with E-state index in [1.807, 2.05) is 11.0 Å². The van der Waals surface area contributed by atoms with Crippen molar-refractivity contribution in [1.82, 2.24) is 11.0 Å². The summed E-state index contributed by atoms with van der Waals surface area (Å²) >= 11 is 0. The smallest absolute Gasteiger partial charge is 0.335 e. The predicted octanol–water partition coefficient (Wildman–Crippen LogP) is 2.69. The highest BCUT2D eigenvalue weighted by atomic mass is 16.7. The van der Waals surface area contributed by atoms with Crippen LogP contribution in [0.4, 0.5) is 0 Å². The summed E-state index contributed by atoms with van der Waals surface area (Å²) in [5.74, 6) is -2.75. The zero-order chi connectivity index (χ0) is 21.3. The number of hydrogen-bond donors (Lipinski definition) is 2. The topological polar surface area (TPSA) is 111 Å². The maximum absolute atomic E-state index is 12.1. The molecule has 30 heavy (non-hydrogen) atoms. The van der Waals surface area contributed by atoms with Gasteiger partial charge in [0.1, 0.15) is 0 Å². The molecule has 0 fully saturated rings. The summed E-state index contributed by atoms with van der Waals surface area (Å²) in [6.07, 6.45) is 0. The van der Waals surface area contributed by atoms with Crippen molar-refractivity contribution >= 4 is 23.8 Å². The summed E-state index contributed by atoms with van der Waals surface area (Å²) < 4.78 is 0. The summed E-state index contributed by atoms with van der Waals surface area (Å²) in [6, 6.07) is 21.8. The molecule has 0 aliphatic carbocycles. The lowest BCUT2D eigenvalue weighted by atomic mass is 10.1. The van der Waals surface area contributed by atoms with Gasteiger partial charge in [0.2, 0.25) is 0 Å². The molecule has 0 atom stereocenters. The fourth-order valence-corrected chi connectivity index (χ4v) is 2.34. The van der Waals surface area contributed by atoms with Crippen LogP contribution in [0.3, 0.4) is 0 Å². The summed E-state index contributed by atoms with van der Waals surface area (Å²) in [4.78, 5) is 57.3.